The molecule has 0 fully saturated rings. The van der Waals surface area contributed by atoms with Crippen molar-refractivity contribution in [3.63, 3.8) is 0 Å². The summed E-state index contributed by atoms with van der Waals surface area (Å²) in [5.41, 5.74) is 1.59. The lowest BCUT2D eigenvalue weighted by Gasteiger charge is -2.38. The van der Waals surface area contributed by atoms with E-state index in [0.717, 1.165) is 41.8 Å². The van der Waals surface area contributed by atoms with Crippen LogP contribution in [0.3, 0.4) is 0 Å². The van der Waals surface area contributed by atoms with E-state index in [1.807, 2.05) is 11.7 Å². The van der Waals surface area contributed by atoms with Gasteiger partial charge in [0.15, 0.2) is 5.78 Å². The van der Waals surface area contributed by atoms with Crippen LogP contribution in [0.1, 0.15) is 52.4 Å². The number of rotatable bonds is 8. The number of carbonyl (C=O) groups is 1. The Morgan fingerprint density at radius 3 is 2.24 bits per heavy atom. The van der Waals surface area contributed by atoms with Crippen LogP contribution >= 0.6 is 15.9 Å². The summed E-state index contributed by atoms with van der Waals surface area (Å²) in [6.45, 7) is 12.2. The second kappa shape index (κ2) is 7.54. The first-order valence-corrected chi connectivity index (χ1v) is 8.63. The summed E-state index contributed by atoms with van der Waals surface area (Å²) >= 11 is 3.60. The van der Waals surface area contributed by atoms with Crippen LogP contribution in [0.4, 0.5) is 0 Å². The Balaban J connectivity index is 3.06. The third-order valence-electron chi connectivity index (χ3n) is 4.58. The van der Waals surface area contributed by atoms with Gasteiger partial charge in [0.05, 0.1) is 27.8 Å². The van der Waals surface area contributed by atoms with Gasteiger partial charge in [-0.25, -0.2) is 0 Å². The van der Waals surface area contributed by atoms with E-state index in [1.54, 1.807) is 0 Å². The monoisotopic (exact) mass is 357 g/mol. The standard InChI is InChI=1S/C16H28BrN3O/c1-7-12-15(17)13(19(6)18-12)11-14(21)16(5,8-2)20(9-3)10-4/h7-11H2,1-6H3. The van der Waals surface area contributed by atoms with Crippen molar-refractivity contribution in [2.45, 2.75) is 59.4 Å². The molecule has 120 valence electrons. The Hall–Kier alpha value is -0.680. The number of likely N-dealkylation sites (N-methyl/N-ethyl adjacent to an activating group) is 1. The second-order valence-electron chi connectivity index (χ2n) is 5.58. The van der Waals surface area contributed by atoms with Crippen molar-refractivity contribution in [1.29, 1.82) is 0 Å². The minimum absolute atomic E-state index is 0.264. The van der Waals surface area contributed by atoms with E-state index in [4.69, 9.17) is 0 Å². The maximum absolute atomic E-state index is 12.9. The van der Waals surface area contributed by atoms with Crippen molar-refractivity contribution in [3.05, 3.63) is 15.9 Å². The first kappa shape index (κ1) is 18.4. The van der Waals surface area contributed by atoms with Crippen molar-refractivity contribution in [3.8, 4) is 0 Å². The molecule has 5 heteroatoms. The van der Waals surface area contributed by atoms with Crippen LogP contribution in [-0.2, 0) is 24.7 Å². The number of Topliss-reactive ketones (excluding diaryl/α,β-unsaturated/α-hetero) is 1. The summed E-state index contributed by atoms with van der Waals surface area (Å²) in [5.74, 6) is 0.264. The highest BCUT2D eigenvalue weighted by Gasteiger charge is 2.36. The van der Waals surface area contributed by atoms with Gasteiger partial charge in [0.2, 0.25) is 0 Å². The normalized spacial score (nSPS) is 14.5. The average Bonchev–Trinajstić information content (AvgIpc) is 2.75. The number of carbonyl (C=O) groups excluding carboxylic acids is 1. The van der Waals surface area contributed by atoms with Gasteiger partial charge in [0, 0.05) is 7.05 Å². The number of ketones is 1. The number of hydrogen-bond acceptors (Lipinski definition) is 3. The minimum Gasteiger partial charge on any atom is -0.297 e. The number of halogens is 1. The lowest BCUT2D eigenvalue weighted by Crippen LogP contribution is -2.52. The van der Waals surface area contributed by atoms with Gasteiger partial charge in [-0.2, -0.15) is 5.10 Å². The van der Waals surface area contributed by atoms with Crippen LogP contribution in [0, 0.1) is 0 Å². The molecular weight excluding hydrogens is 330 g/mol. The molecule has 0 bridgehead atoms. The first-order chi connectivity index (χ1) is 9.85. The zero-order valence-electron chi connectivity index (χ0n) is 14.2. The fraction of sp³-hybridized carbons (Fsp3) is 0.750. The van der Waals surface area contributed by atoms with Gasteiger partial charge in [-0.3, -0.25) is 14.4 Å². The van der Waals surface area contributed by atoms with Crippen LogP contribution in [0.2, 0.25) is 0 Å². The zero-order valence-corrected chi connectivity index (χ0v) is 15.7. The highest BCUT2D eigenvalue weighted by Crippen LogP contribution is 2.27. The molecule has 4 nitrogen and oxygen atoms in total. The lowest BCUT2D eigenvalue weighted by molar-refractivity contribution is -0.130. The molecule has 21 heavy (non-hydrogen) atoms. The smallest absolute Gasteiger partial charge is 0.158 e. The molecule has 0 amide bonds. The first-order valence-electron chi connectivity index (χ1n) is 7.84. The Kier molecular flexibility index (Phi) is 6.60. The van der Waals surface area contributed by atoms with E-state index in [1.165, 1.54) is 0 Å². The molecule has 1 aromatic heterocycles. The van der Waals surface area contributed by atoms with Gasteiger partial charge >= 0.3 is 0 Å². The van der Waals surface area contributed by atoms with Gasteiger partial charge in [0.1, 0.15) is 0 Å². The lowest BCUT2D eigenvalue weighted by atomic mass is 9.88. The van der Waals surface area contributed by atoms with Crippen molar-refractivity contribution >= 4 is 21.7 Å². The van der Waals surface area contributed by atoms with Gasteiger partial charge in [-0.1, -0.05) is 27.7 Å². The Labute approximate surface area is 137 Å². The van der Waals surface area contributed by atoms with Gasteiger partial charge in [-0.15, -0.1) is 0 Å². The van der Waals surface area contributed by atoms with Crippen molar-refractivity contribution in [2.24, 2.45) is 7.05 Å². The molecule has 0 N–H and O–H groups in total. The zero-order chi connectivity index (χ0) is 16.2. The van der Waals surface area contributed by atoms with E-state index in [-0.39, 0.29) is 5.78 Å². The summed E-state index contributed by atoms with van der Waals surface area (Å²) < 4.78 is 2.82. The third kappa shape index (κ3) is 3.57. The van der Waals surface area contributed by atoms with Crippen LogP contribution < -0.4 is 0 Å². The van der Waals surface area contributed by atoms with Gasteiger partial charge in [0.25, 0.3) is 0 Å². The molecule has 1 heterocycles. The SMILES string of the molecule is CCc1nn(C)c(CC(=O)C(C)(CC)N(CC)CC)c1Br. The molecule has 0 aliphatic heterocycles. The Morgan fingerprint density at radius 2 is 1.86 bits per heavy atom. The maximum atomic E-state index is 12.9. The minimum atomic E-state index is -0.403. The highest BCUT2D eigenvalue weighted by molar-refractivity contribution is 9.10. The van der Waals surface area contributed by atoms with Crippen molar-refractivity contribution in [1.82, 2.24) is 14.7 Å². The molecule has 1 rings (SSSR count). The van der Waals surface area contributed by atoms with Gasteiger partial charge in [-0.05, 0) is 48.8 Å². The Morgan fingerprint density at radius 1 is 1.29 bits per heavy atom. The van der Waals surface area contributed by atoms with Crippen molar-refractivity contribution < 1.29 is 4.79 Å². The molecule has 0 aliphatic rings. The topological polar surface area (TPSA) is 38.1 Å². The van der Waals surface area contributed by atoms with E-state index in [9.17, 15) is 4.79 Å². The largest absolute Gasteiger partial charge is 0.297 e. The molecule has 0 saturated carbocycles. The van der Waals surface area contributed by atoms with Crippen LogP contribution in [0.15, 0.2) is 4.47 Å². The van der Waals surface area contributed by atoms with E-state index < -0.39 is 5.54 Å². The molecule has 0 saturated heterocycles. The fourth-order valence-electron chi connectivity index (χ4n) is 2.87. The predicted molar refractivity (Wildman–Crippen MR) is 90.6 cm³/mol. The molecule has 0 spiro atoms. The van der Waals surface area contributed by atoms with E-state index in [2.05, 4.69) is 60.5 Å². The molecule has 1 aromatic rings. The summed E-state index contributed by atoms with van der Waals surface area (Å²) in [4.78, 5) is 15.2. The molecule has 1 atom stereocenters. The summed E-state index contributed by atoms with van der Waals surface area (Å²) in [6.07, 6.45) is 2.11. The fourth-order valence-corrected chi connectivity index (χ4v) is 3.63. The second-order valence-corrected chi connectivity index (χ2v) is 6.38. The number of nitrogens with zero attached hydrogens (tertiary/aromatic N) is 3. The summed E-state index contributed by atoms with van der Waals surface area (Å²) in [6, 6.07) is 0. The van der Waals surface area contributed by atoms with E-state index in [0.29, 0.717) is 6.42 Å². The maximum Gasteiger partial charge on any atom is 0.158 e. The van der Waals surface area contributed by atoms with Crippen LogP contribution in [-0.4, -0.2) is 39.1 Å². The third-order valence-corrected chi connectivity index (χ3v) is 5.50. The summed E-state index contributed by atoms with van der Waals surface area (Å²) in [5, 5.41) is 4.48. The molecule has 0 aromatic carbocycles. The Bertz CT molecular complexity index is 494. The van der Waals surface area contributed by atoms with Gasteiger partial charge < -0.3 is 0 Å². The quantitative estimate of drug-likeness (QED) is 0.715. The number of hydrogen-bond donors (Lipinski definition) is 0. The number of aromatic nitrogens is 2. The molecule has 0 radical (unpaired) electrons. The average molecular weight is 358 g/mol. The molecule has 0 aliphatic carbocycles. The van der Waals surface area contributed by atoms with E-state index >= 15 is 0 Å². The van der Waals surface area contributed by atoms with Crippen molar-refractivity contribution in [2.75, 3.05) is 13.1 Å². The highest BCUT2D eigenvalue weighted by atomic mass is 79.9. The molecule has 1 unspecified atom stereocenters. The molecular formula is C16H28BrN3O. The number of aryl methyl sites for hydroxylation is 2. The van der Waals surface area contributed by atoms with Crippen LogP contribution in [0.5, 0.6) is 0 Å². The van der Waals surface area contributed by atoms with Crippen LogP contribution in [0.25, 0.3) is 0 Å². The summed E-state index contributed by atoms with van der Waals surface area (Å²) in [7, 11) is 1.91. The predicted octanol–water partition coefficient (Wildman–Crippen LogP) is 3.37.